The Kier molecular flexibility index (Phi) is 3.94. The van der Waals surface area contributed by atoms with E-state index in [1.165, 1.54) is 16.7 Å². The maximum Gasteiger partial charge on any atom is 0.305 e. The molecule has 0 bridgehead atoms. The van der Waals surface area contributed by atoms with Crippen LogP contribution in [0.15, 0.2) is 0 Å². The van der Waals surface area contributed by atoms with E-state index in [1.54, 1.807) is 0 Å². The van der Waals surface area contributed by atoms with Crippen LogP contribution in [0.25, 0.3) is 0 Å². The first-order chi connectivity index (χ1) is 7.77. The molecule has 0 spiro atoms. The van der Waals surface area contributed by atoms with Crippen LogP contribution in [0, 0.1) is 34.6 Å². The second kappa shape index (κ2) is 4.88. The molecule has 1 unspecified atom stereocenters. The number of benzene rings is 1. The zero-order chi connectivity index (χ0) is 13.3. The summed E-state index contributed by atoms with van der Waals surface area (Å²) in [7, 11) is 0. The van der Waals surface area contributed by atoms with Gasteiger partial charge >= 0.3 is 5.97 Å². The number of aliphatic carboxylic acids is 1. The van der Waals surface area contributed by atoms with Crippen LogP contribution in [0.1, 0.15) is 45.8 Å². The summed E-state index contributed by atoms with van der Waals surface area (Å²) in [5.41, 5.74) is 12.9. The van der Waals surface area contributed by atoms with Crippen molar-refractivity contribution in [1.82, 2.24) is 0 Å². The van der Waals surface area contributed by atoms with E-state index >= 15 is 0 Å². The number of carboxylic acid groups (broad SMARTS) is 1. The van der Waals surface area contributed by atoms with Gasteiger partial charge in [-0.25, -0.2) is 0 Å². The quantitative estimate of drug-likeness (QED) is 0.846. The predicted molar refractivity (Wildman–Crippen MR) is 69.3 cm³/mol. The number of rotatable bonds is 3. The Labute approximate surface area is 103 Å². The molecule has 0 aliphatic rings. The normalized spacial score (nSPS) is 12.6. The van der Waals surface area contributed by atoms with Gasteiger partial charge in [-0.15, -0.1) is 0 Å². The third kappa shape index (κ3) is 2.50. The largest absolute Gasteiger partial charge is 0.481 e. The van der Waals surface area contributed by atoms with E-state index in [4.69, 9.17) is 10.8 Å². The third-order valence-corrected chi connectivity index (χ3v) is 3.82. The molecule has 3 N–H and O–H groups in total. The lowest BCUT2D eigenvalue weighted by Crippen LogP contribution is -2.19. The van der Waals surface area contributed by atoms with Gasteiger partial charge in [-0.05, 0) is 68.0 Å². The van der Waals surface area contributed by atoms with E-state index in [1.807, 2.05) is 13.8 Å². The van der Waals surface area contributed by atoms with Crippen molar-refractivity contribution in [2.45, 2.75) is 47.1 Å². The summed E-state index contributed by atoms with van der Waals surface area (Å²) in [4.78, 5) is 10.8. The molecule has 94 valence electrons. The lowest BCUT2D eigenvalue weighted by Gasteiger charge is -2.22. The van der Waals surface area contributed by atoms with Crippen molar-refractivity contribution >= 4 is 5.97 Å². The summed E-state index contributed by atoms with van der Waals surface area (Å²) in [5.74, 6) is -0.854. The van der Waals surface area contributed by atoms with Gasteiger partial charge in [0.1, 0.15) is 0 Å². The van der Waals surface area contributed by atoms with Gasteiger partial charge in [0.15, 0.2) is 0 Å². The minimum absolute atomic E-state index is 0.0242. The molecule has 1 aromatic carbocycles. The highest BCUT2D eigenvalue weighted by molar-refractivity contribution is 5.68. The molecule has 1 aromatic rings. The van der Waals surface area contributed by atoms with E-state index in [0.29, 0.717) is 0 Å². The molecule has 17 heavy (non-hydrogen) atoms. The Bertz CT molecular complexity index is 435. The van der Waals surface area contributed by atoms with E-state index < -0.39 is 12.0 Å². The fourth-order valence-corrected chi connectivity index (χ4v) is 2.38. The molecular weight excluding hydrogens is 214 g/mol. The van der Waals surface area contributed by atoms with E-state index in [-0.39, 0.29) is 6.42 Å². The van der Waals surface area contributed by atoms with Crippen LogP contribution in [-0.4, -0.2) is 11.1 Å². The van der Waals surface area contributed by atoms with Crippen LogP contribution in [0.4, 0.5) is 0 Å². The van der Waals surface area contributed by atoms with Crippen molar-refractivity contribution in [2.24, 2.45) is 5.73 Å². The molecule has 0 fully saturated rings. The lowest BCUT2D eigenvalue weighted by molar-refractivity contribution is -0.137. The summed E-state index contributed by atoms with van der Waals surface area (Å²) in [5, 5.41) is 8.84. The van der Waals surface area contributed by atoms with Gasteiger partial charge in [0.2, 0.25) is 0 Å². The Morgan fingerprint density at radius 2 is 1.35 bits per heavy atom. The standard InChI is InChI=1S/C14H21NO2/c1-7-8(2)10(4)14(11(5)9(7)3)12(15)6-13(16)17/h12H,6,15H2,1-5H3,(H,16,17). The maximum absolute atomic E-state index is 10.8. The van der Waals surface area contributed by atoms with E-state index in [9.17, 15) is 4.79 Å². The number of carbonyl (C=O) groups is 1. The fourth-order valence-electron chi connectivity index (χ4n) is 2.38. The highest BCUT2D eigenvalue weighted by Gasteiger charge is 2.19. The van der Waals surface area contributed by atoms with Gasteiger partial charge in [0.25, 0.3) is 0 Å². The lowest BCUT2D eigenvalue weighted by atomic mass is 9.86. The monoisotopic (exact) mass is 235 g/mol. The second-order valence-electron chi connectivity index (χ2n) is 4.74. The Balaban J connectivity index is 3.38. The molecular formula is C14H21NO2. The molecule has 0 saturated heterocycles. The molecule has 1 atom stereocenters. The molecule has 1 rings (SSSR count). The average Bonchev–Trinajstić information content (AvgIpc) is 2.23. The molecule has 0 aliphatic heterocycles. The molecule has 3 heteroatoms. The van der Waals surface area contributed by atoms with Crippen molar-refractivity contribution in [3.8, 4) is 0 Å². The first kappa shape index (κ1) is 13.7. The van der Waals surface area contributed by atoms with Crippen molar-refractivity contribution < 1.29 is 9.90 Å². The number of nitrogens with two attached hydrogens (primary N) is 1. The second-order valence-corrected chi connectivity index (χ2v) is 4.74. The Hall–Kier alpha value is -1.35. The van der Waals surface area contributed by atoms with Gasteiger partial charge in [-0.1, -0.05) is 0 Å². The zero-order valence-electron chi connectivity index (χ0n) is 11.2. The molecule has 0 radical (unpaired) electrons. The van der Waals surface area contributed by atoms with Crippen molar-refractivity contribution in [2.75, 3.05) is 0 Å². The highest BCUT2D eigenvalue weighted by atomic mass is 16.4. The van der Waals surface area contributed by atoms with E-state index in [2.05, 4.69) is 20.8 Å². The molecule has 0 amide bonds. The van der Waals surface area contributed by atoms with Crippen molar-refractivity contribution in [3.63, 3.8) is 0 Å². The van der Waals surface area contributed by atoms with Crippen LogP contribution in [-0.2, 0) is 4.79 Å². The Morgan fingerprint density at radius 3 is 1.71 bits per heavy atom. The number of hydrogen-bond acceptors (Lipinski definition) is 2. The van der Waals surface area contributed by atoms with Gasteiger partial charge in [-0.3, -0.25) is 4.79 Å². The van der Waals surface area contributed by atoms with Crippen LogP contribution in [0.5, 0.6) is 0 Å². The molecule has 3 nitrogen and oxygen atoms in total. The topological polar surface area (TPSA) is 63.3 Å². The molecule has 0 heterocycles. The summed E-state index contributed by atoms with van der Waals surface area (Å²) in [6.45, 7) is 10.3. The SMILES string of the molecule is Cc1c(C)c(C)c(C(N)CC(=O)O)c(C)c1C. The van der Waals surface area contributed by atoms with Crippen LogP contribution in [0.2, 0.25) is 0 Å². The van der Waals surface area contributed by atoms with Crippen LogP contribution < -0.4 is 5.73 Å². The number of hydrogen-bond donors (Lipinski definition) is 2. The third-order valence-electron chi connectivity index (χ3n) is 3.82. The zero-order valence-corrected chi connectivity index (χ0v) is 11.2. The highest BCUT2D eigenvalue weighted by Crippen LogP contribution is 2.30. The number of carboxylic acids is 1. The summed E-state index contributed by atoms with van der Waals surface area (Å²) in [6, 6.07) is -0.425. The minimum Gasteiger partial charge on any atom is -0.481 e. The molecule has 0 saturated carbocycles. The van der Waals surface area contributed by atoms with Crippen molar-refractivity contribution in [1.29, 1.82) is 0 Å². The van der Waals surface area contributed by atoms with Crippen LogP contribution >= 0.6 is 0 Å². The van der Waals surface area contributed by atoms with Crippen LogP contribution in [0.3, 0.4) is 0 Å². The molecule has 0 aromatic heterocycles. The predicted octanol–water partition coefficient (Wildman–Crippen LogP) is 2.70. The van der Waals surface area contributed by atoms with Gasteiger partial charge in [0, 0.05) is 6.04 Å². The van der Waals surface area contributed by atoms with Gasteiger partial charge in [0.05, 0.1) is 6.42 Å². The summed E-state index contributed by atoms with van der Waals surface area (Å²) < 4.78 is 0. The molecule has 0 aliphatic carbocycles. The van der Waals surface area contributed by atoms with Gasteiger partial charge in [-0.2, -0.15) is 0 Å². The van der Waals surface area contributed by atoms with Crippen molar-refractivity contribution in [3.05, 3.63) is 33.4 Å². The van der Waals surface area contributed by atoms with Gasteiger partial charge < -0.3 is 10.8 Å². The maximum atomic E-state index is 10.8. The first-order valence-corrected chi connectivity index (χ1v) is 5.81. The first-order valence-electron chi connectivity index (χ1n) is 5.81. The minimum atomic E-state index is -0.854. The van der Waals surface area contributed by atoms with E-state index in [0.717, 1.165) is 16.7 Å². The Morgan fingerprint density at radius 1 is 1.00 bits per heavy atom. The average molecular weight is 235 g/mol. The smallest absolute Gasteiger partial charge is 0.305 e. The summed E-state index contributed by atoms with van der Waals surface area (Å²) in [6.07, 6.45) is -0.0242. The summed E-state index contributed by atoms with van der Waals surface area (Å²) >= 11 is 0. The fraction of sp³-hybridized carbons (Fsp3) is 0.500.